The molecule has 1 unspecified atom stereocenters. The second-order valence-corrected chi connectivity index (χ2v) is 7.84. The fraction of sp³-hybridized carbons (Fsp3) is 0.765. The van der Waals surface area contributed by atoms with Crippen LogP contribution in [0.2, 0.25) is 0 Å². The first-order chi connectivity index (χ1) is 10.7. The summed E-state index contributed by atoms with van der Waals surface area (Å²) >= 11 is 0. The van der Waals surface area contributed by atoms with E-state index in [1.54, 1.807) is 0 Å². The van der Waals surface area contributed by atoms with Crippen LogP contribution in [0.1, 0.15) is 59.3 Å². The third-order valence-electron chi connectivity index (χ3n) is 4.95. The van der Waals surface area contributed by atoms with E-state index >= 15 is 0 Å². The first-order valence-corrected chi connectivity index (χ1v) is 8.54. The van der Waals surface area contributed by atoms with E-state index in [0.29, 0.717) is 54.5 Å². The minimum Gasteiger partial charge on any atom is -1.00 e. The number of imide groups is 2. The number of halogens is 2. The van der Waals surface area contributed by atoms with Crippen LogP contribution < -0.4 is 43.8 Å². The third-order valence-corrected chi connectivity index (χ3v) is 4.95. The summed E-state index contributed by atoms with van der Waals surface area (Å²) in [6.45, 7) is 7.35. The summed E-state index contributed by atoms with van der Waals surface area (Å²) in [7, 11) is 0. The van der Waals surface area contributed by atoms with Gasteiger partial charge in [0.2, 0.25) is 0 Å². The van der Waals surface area contributed by atoms with Gasteiger partial charge in [0.05, 0.1) is 38.8 Å². The SMILES string of the molecule is CC(CC[NH+]1C(=O)CCC1=O)CC(C)(C)C[NH+]1C(=O)CCC1=O.[Br-].[Br-]. The molecule has 2 rings (SSSR count). The predicted octanol–water partition coefficient (Wildman–Crippen LogP) is -7.10. The Bertz CT molecular complexity index is 505. The molecule has 0 aromatic rings. The van der Waals surface area contributed by atoms with E-state index in [4.69, 9.17) is 0 Å². The van der Waals surface area contributed by atoms with Crippen molar-refractivity contribution in [3.05, 3.63) is 0 Å². The smallest absolute Gasteiger partial charge is 0.320 e. The molecule has 0 aliphatic carbocycles. The van der Waals surface area contributed by atoms with E-state index in [9.17, 15) is 19.2 Å². The van der Waals surface area contributed by atoms with E-state index in [1.807, 2.05) is 0 Å². The fourth-order valence-electron chi connectivity index (χ4n) is 3.83. The van der Waals surface area contributed by atoms with Gasteiger partial charge >= 0.3 is 23.6 Å². The highest BCUT2D eigenvalue weighted by Gasteiger charge is 2.40. The molecule has 2 aliphatic heterocycles. The third kappa shape index (κ3) is 6.66. The summed E-state index contributed by atoms with van der Waals surface area (Å²) in [4.78, 5) is 47.8. The number of hydrogen-bond acceptors (Lipinski definition) is 4. The zero-order chi connectivity index (χ0) is 17.2. The normalized spacial score (nSPS) is 20.6. The lowest BCUT2D eigenvalue weighted by Crippen LogP contribution is -3.16. The highest BCUT2D eigenvalue weighted by molar-refractivity contribution is 5.88. The molecule has 0 radical (unpaired) electrons. The number of rotatable bonds is 7. The maximum absolute atomic E-state index is 11.8. The van der Waals surface area contributed by atoms with E-state index in [-0.39, 0.29) is 63.0 Å². The molecule has 0 aromatic carbocycles. The largest absolute Gasteiger partial charge is 1.00 e. The van der Waals surface area contributed by atoms with Crippen LogP contribution in [0.5, 0.6) is 0 Å². The standard InChI is InChI=1S/C17H26N2O4.2BrH/c1-12(8-9-18-13(20)4-5-14(18)21)10-17(2,3)11-19-15(22)6-7-16(19)23;;/h12H,4-11H2,1-3H3;2*1H. The molecule has 2 saturated heterocycles. The molecular weight excluding hydrogens is 456 g/mol. The van der Waals surface area contributed by atoms with Gasteiger partial charge in [-0.2, -0.15) is 0 Å². The average molecular weight is 484 g/mol. The highest BCUT2D eigenvalue weighted by Crippen LogP contribution is 2.25. The molecule has 0 bridgehead atoms. The molecule has 2 N–H and O–H groups in total. The fourth-order valence-corrected chi connectivity index (χ4v) is 3.83. The Hall–Kier alpha value is -0.440. The second-order valence-electron chi connectivity index (χ2n) is 7.84. The van der Waals surface area contributed by atoms with Crippen LogP contribution in [0.4, 0.5) is 0 Å². The minimum atomic E-state index is -0.126. The van der Waals surface area contributed by atoms with Crippen molar-refractivity contribution in [2.24, 2.45) is 11.3 Å². The molecular formula is C17H28Br2N2O4. The van der Waals surface area contributed by atoms with Crippen molar-refractivity contribution in [1.29, 1.82) is 0 Å². The number of carbonyl (C=O) groups excluding carboxylic acids is 4. The topological polar surface area (TPSA) is 77.2 Å². The maximum atomic E-state index is 11.8. The summed E-state index contributed by atoms with van der Waals surface area (Å²) in [5, 5.41) is 0. The number of quaternary nitrogens is 2. The number of amides is 4. The van der Waals surface area contributed by atoms with Gasteiger partial charge in [-0.25, -0.2) is 29.0 Å². The van der Waals surface area contributed by atoms with Crippen molar-refractivity contribution in [2.45, 2.75) is 59.3 Å². The zero-order valence-electron chi connectivity index (χ0n) is 15.1. The van der Waals surface area contributed by atoms with Gasteiger partial charge in [-0.15, -0.1) is 0 Å². The van der Waals surface area contributed by atoms with Crippen LogP contribution in [0, 0.1) is 11.3 Å². The first-order valence-electron chi connectivity index (χ1n) is 8.54. The van der Waals surface area contributed by atoms with Crippen molar-refractivity contribution >= 4 is 23.6 Å². The summed E-state index contributed by atoms with van der Waals surface area (Å²) in [5.74, 6) is 0.381. The van der Waals surface area contributed by atoms with Crippen LogP contribution in [0.25, 0.3) is 0 Å². The summed E-state index contributed by atoms with van der Waals surface area (Å²) in [6, 6.07) is 0. The molecule has 1 atom stereocenters. The van der Waals surface area contributed by atoms with Crippen molar-refractivity contribution in [2.75, 3.05) is 13.1 Å². The average Bonchev–Trinajstić information content (AvgIpc) is 2.93. The summed E-state index contributed by atoms with van der Waals surface area (Å²) < 4.78 is 0. The van der Waals surface area contributed by atoms with Crippen molar-refractivity contribution in [3.63, 3.8) is 0 Å². The number of likely N-dealkylation sites (tertiary alicyclic amines) is 2. The Morgan fingerprint density at radius 1 is 0.840 bits per heavy atom. The van der Waals surface area contributed by atoms with E-state index < -0.39 is 0 Å². The van der Waals surface area contributed by atoms with Crippen molar-refractivity contribution in [3.8, 4) is 0 Å². The number of nitrogens with one attached hydrogen (secondary N) is 2. The van der Waals surface area contributed by atoms with E-state index in [1.165, 1.54) is 0 Å². The molecule has 4 amide bonds. The zero-order valence-corrected chi connectivity index (χ0v) is 18.3. The molecule has 25 heavy (non-hydrogen) atoms. The molecule has 2 heterocycles. The minimum absolute atomic E-state index is 0. The van der Waals surface area contributed by atoms with Crippen molar-refractivity contribution in [1.82, 2.24) is 0 Å². The van der Waals surface area contributed by atoms with Gasteiger partial charge in [0, 0.05) is 11.8 Å². The number of carbonyl (C=O) groups is 4. The van der Waals surface area contributed by atoms with Crippen LogP contribution >= 0.6 is 0 Å². The maximum Gasteiger partial charge on any atom is 0.320 e. The van der Waals surface area contributed by atoms with Gasteiger partial charge in [0.1, 0.15) is 0 Å². The van der Waals surface area contributed by atoms with Gasteiger partial charge in [-0.05, 0) is 12.3 Å². The molecule has 0 aromatic heterocycles. The molecule has 0 saturated carbocycles. The van der Waals surface area contributed by atoms with Crippen LogP contribution in [-0.4, -0.2) is 36.7 Å². The van der Waals surface area contributed by atoms with Crippen molar-refractivity contribution < 1.29 is 62.9 Å². The quantitative estimate of drug-likeness (QED) is 0.353. The highest BCUT2D eigenvalue weighted by atomic mass is 79.9. The molecule has 6 nitrogen and oxygen atoms in total. The molecule has 2 fully saturated rings. The van der Waals surface area contributed by atoms with E-state index in [2.05, 4.69) is 20.8 Å². The lowest BCUT2D eigenvalue weighted by Gasteiger charge is -2.28. The van der Waals surface area contributed by atoms with Gasteiger partial charge in [-0.1, -0.05) is 20.8 Å². The molecule has 144 valence electrons. The Kier molecular flexibility index (Phi) is 9.86. The Balaban J connectivity index is 0.00000288. The first kappa shape index (κ1) is 24.6. The Morgan fingerprint density at radius 3 is 1.68 bits per heavy atom. The van der Waals surface area contributed by atoms with Crippen LogP contribution in [-0.2, 0) is 19.2 Å². The summed E-state index contributed by atoms with van der Waals surface area (Å²) in [5.41, 5.74) is -0.126. The van der Waals surface area contributed by atoms with Gasteiger partial charge in [-0.3, -0.25) is 0 Å². The molecule has 8 heteroatoms. The van der Waals surface area contributed by atoms with Gasteiger partial charge in [0.15, 0.2) is 0 Å². The lowest BCUT2D eigenvalue weighted by atomic mass is 9.81. The Labute approximate surface area is 170 Å². The lowest BCUT2D eigenvalue weighted by molar-refractivity contribution is -0.742. The van der Waals surface area contributed by atoms with Crippen LogP contribution in [0.15, 0.2) is 0 Å². The predicted molar refractivity (Wildman–Crippen MR) is 82.3 cm³/mol. The number of hydrogen-bond donors (Lipinski definition) is 2. The summed E-state index contributed by atoms with van der Waals surface area (Å²) in [6.07, 6.45) is 3.14. The van der Waals surface area contributed by atoms with Gasteiger partial charge in [0.25, 0.3) is 0 Å². The van der Waals surface area contributed by atoms with Gasteiger partial charge < -0.3 is 34.0 Å². The molecule has 2 aliphatic rings. The van der Waals surface area contributed by atoms with E-state index in [0.717, 1.165) is 12.8 Å². The Morgan fingerprint density at radius 2 is 1.24 bits per heavy atom. The molecule has 0 spiro atoms. The monoisotopic (exact) mass is 482 g/mol. The second kappa shape index (κ2) is 10.0. The van der Waals surface area contributed by atoms with Crippen LogP contribution in [0.3, 0.4) is 0 Å².